The van der Waals surface area contributed by atoms with Gasteiger partial charge in [0.15, 0.2) is 0 Å². The van der Waals surface area contributed by atoms with E-state index in [1.54, 1.807) is 19.4 Å². The van der Waals surface area contributed by atoms with Gasteiger partial charge in [-0.25, -0.2) is 9.78 Å². The van der Waals surface area contributed by atoms with Gasteiger partial charge in [0.25, 0.3) is 0 Å². The minimum Gasteiger partial charge on any atom is -0.465 e. The Morgan fingerprint density at radius 2 is 2.04 bits per heavy atom. The van der Waals surface area contributed by atoms with Crippen LogP contribution < -0.4 is 10.2 Å². The van der Waals surface area contributed by atoms with Crippen LogP contribution in [0.1, 0.15) is 39.7 Å². The molecule has 128 valence electrons. The zero-order valence-corrected chi connectivity index (χ0v) is 14.3. The van der Waals surface area contributed by atoms with Crippen LogP contribution >= 0.6 is 0 Å². The fraction of sp³-hybridized carbons (Fsp3) is 0.562. The van der Waals surface area contributed by atoms with Gasteiger partial charge in [0.1, 0.15) is 5.82 Å². The fourth-order valence-corrected chi connectivity index (χ4v) is 2.28. The van der Waals surface area contributed by atoms with Crippen molar-refractivity contribution in [3.8, 4) is 0 Å². The summed E-state index contributed by atoms with van der Waals surface area (Å²) in [4.78, 5) is 28.5. The Kier molecular flexibility index (Phi) is 6.50. The number of aromatic nitrogens is 1. The number of nitrogens with zero attached hydrogens (tertiary/aromatic N) is 2. The maximum atomic E-state index is 11.8. The number of nitrogens with one attached hydrogen (secondary N) is 1. The largest absolute Gasteiger partial charge is 0.465 e. The molecule has 0 aliphatic rings. The van der Waals surface area contributed by atoms with Gasteiger partial charge in [0, 0.05) is 38.4 Å². The van der Waals surface area contributed by atoms with Gasteiger partial charge >= 0.3 is 6.09 Å². The second kappa shape index (κ2) is 7.92. The molecule has 7 nitrogen and oxygen atoms in total. The molecule has 0 aliphatic carbocycles. The second-order valence-electron chi connectivity index (χ2n) is 6.26. The van der Waals surface area contributed by atoms with E-state index in [9.17, 15) is 14.7 Å². The van der Waals surface area contributed by atoms with Gasteiger partial charge < -0.3 is 15.2 Å². The molecule has 0 spiro atoms. The van der Waals surface area contributed by atoms with Crippen LogP contribution in [-0.2, 0) is 16.0 Å². The number of methoxy groups -OCH3 is 1. The molecule has 0 bridgehead atoms. The summed E-state index contributed by atoms with van der Waals surface area (Å²) in [6.45, 7) is 7.41. The molecule has 0 aliphatic heterocycles. The lowest BCUT2D eigenvalue weighted by Crippen LogP contribution is -2.45. The molecule has 2 N–H and O–H groups in total. The van der Waals surface area contributed by atoms with Gasteiger partial charge in [-0.15, -0.1) is 0 Å². The van der Waals surface area contributed by atoms with Gasteiger partial charge in [0.2, 0.25) is 5.91 Å². The number of pyridine rings is 1. The van der Waals surface area contributed by atoms with Gasteiger partial charge in [-0.2, -0.15) is 0 Å². The SMILES string of the molecule is COCCCc1cnc(NC(C)=O)cc1N(C(=O)O)C(C)(C)C. The van der Waals surface area contributed by atoms with E-state index < -0.39 is 11.6 Å². The molecule has 0 saturated carbocycles. The van der Waals surface area contributed by atoms with Crippen LogP contribution in [-0.4, -0.2) is 41.3 Å². The van der Waals surface area contributed by atoms with Crippen LogP contribution in [0, 0.1) is 0 Å². The van der Waals surface area contributed by atoms with Gasteiger partial charge in [-0.3, -0.25) is 9.69 Å². The molecule has 0 fully saturated rings. The average molecular weight is 323 g/mol. The van der Waals surface area contributed by atoms with E-state index in [0.717, 1.165) is 12.0 Å². The number of hydrogen-bond acceptors (Lipinski definition) is 4. The van der Waals surface area contributed by atoms with Crippen molar-refractivity contribution in [3.63, 3.8) is 0 Å². The Labute approximate surface area is 136 Å². The molecule has 1 heterocycles. The van der Waals surface area contributed by atoms with E-state index in [0.29, 0.717) is 24.5 Å². The molecular formula is C16H25N3O4. The fourth-order valence-electron chi connectivity index (χ4n) is 2.28. The van der Waals surface area contributed by atoms with Crippen molar-refractivity contribution in [2.24, 2.45) is 0 Å². The van der Waals surface area contributed by atoms with Gasteiger partial charge in [-0.05, 0) is 39.2 Å². The Hall–Kier alpha value is -2.15. The second-order valence-corrected chi connectivity index (χ2v) is 6.26. The number of amides is 2. The molecule has 23 heavy (non-hydrogen) atoms. The molecule has 0 saturated heterocycles. The third-order valence-electron chi connectivity index (χ3n) is 3.16. The van der Waals surface area contributed by atoms with E-state index in [1.165, 1.54) is 11.8 Å². The number of hydrogen-bond donors (Lipinski definition) is 2. The lowest BCUT2D eigenvalue weighted by Gasteiger charge is -2.34. The topological polar surface area (TPSA) is 91.8 Å². The molecule has 2 amide bonds. The highest BCUT2D eigenvalue weighted by Crippen LogP contribution is 2.30. The predicted octanol–water partition coefficient (Wildman–Crippen LogP) is 2.90. The number of carboxylic acid groups (broad SMARTS) is 1. The summed E-state index contributed by atoms with van der Waals surface area (Å²) < 4.78 is 5.05. The standard InChI is InChI=1S/C16H25N3O4/c1-11(20)18-14-9-13(19(15(21)22)16(2,3)4)12(10-17-14)7-6-8-23-5/h9-10H,6-8H2,1-5H3,(H,21,22)(H,17,18,20). The highest BCUT2D eigenvalue weighted by atomic mass is 16.5. The molecule has 1 rings (SSSR count). The monoisotopic (exact) mass is 323 g/mol. The summed E-state index contributed by atoms with van der Waals surface area (Å²) in [5.41, 5.74) is 0.699. The molecule has 0 atom stereocenters. The number of ether oxygens (including phenoxy) is 1. The zero-order chi connectivity index (χ0) is 17.6. The van der Waals surface area contributed by atoms with E-state index in [4.69, 9.17) is 4.74 Å². The van der Waals surface area contributed by atoms with E-state index in [-0.39, 0.29) is 5.91 Å². The number of carbonyl (C=O) groups excluding carboxylic acids is 1. The summed E-state index contributed by atoms with van der Waals surface area (Å²) >= 11 is 0. The first-order valence-electron chi connectivity index (χ1n) is 7.45. The van der Waals surface area contributed by atoms with Crippen molar-refractivity contribution in [3.05, 3.63) is 17.8 Å². The van der Waals surface area contributed by atoms with Crippen LogP contribution in [0.2, 0.25) is 0 Å². The normalized spacial score (nSPS) is 11.2. The zero-order valence-electron chi connectivity index (χ0n) is 14.3. The number of aryl methyl sites for hydroxylation is 1. The first kappa shape index (κ1) is 18.9. The summed E-state index contributed by atoms with van der Waals surface area (Å²) in [6, 6.07) is 1.60. The summed E-state index contributed by atoms with van der Waals surface area (Å²) in [6.07, 6.45) is 1.95. The van der Waals surface area contributed by atoms with Crippen molar-refractivity contribution in [2.75, 3.05) is 23.9 Å². The highest BCUT2D eigenvalue weighted by Gasteiger charge is 2.30. The van der Waals surface area contributed by atoms with Crippen molar-refractivity contribution in [1.29, 1.82) is 0 Å². The van der Waals surface area contributed by atoms with Crippen molar-refractivity contribution in [2.45, 2.75) is 46.1 Å². The Morgan fingerprint density at radius 3 is 2.52 bits per heavy atom. The Morgan fingerprint density at radius 1 is 1.39 bits per heavy atom. The van der Waals surface area contributed by atoms with Crippen LogP contribution in [0.15, 0.2) is 12.3 Å². The lowest BCUT2D eigenvalue weighted by molar-refractivity contribution is -0.114. The quantitative estimate of drug-likeness (QED) is 0.785. The summed E-state index contributed by atoms with van der Waals surface area (Å²) in [5, 5.41) is 12.2. The first-order chi connectivity index (χ1) is 10.7. The minimum absolute atomic E-state index is 0.256. The summed E-state index contributed by atoms with van der Waals surface area (Å²) in [7, 11) is 1.62. The maximum Gasteiger partial charge on any atom is 0.412 e. The van der Waals surface area contributed by atoms with E-state index in [1.807, 2.05) is 20.8 Å². The van der Waals surface area contributed by atoms with Crippen molar-refractivity contribution < 1.29 is 19.4 Å². The Balaban J connectivity index is 3.29. The van der Waals surface area contributed by atoms with E-state index in [2.05, 4.69) is 10.3 Å². The first-order valence-corrected chi connectivity index (χ1v) is 7.45. The van der Waals surface area contributed by atoms with Gasteiger partial charge in [0.05, 0.1) is 5.69 Å². The van der Waals surface area contributed by atoms with Crippen LogP contribution in [0.3, 0.4) is 0 Å². The van der Waals surface area contributed by atoms with E-state index >= 15 is 0 Å². The molecule has 1 aromatic heterocycles. The highest BCUT2D eigenvalue weighted by molar-refractivity contribution is 5.92. The third kappa shape index (κ3) is 5.52. The minimum atomic E-state index is -1.05. The number of carbonyl (C=O) groups is 2. The maximum absolute atomic E-state index is 11.8. The molecule has 0 radical (unpaired) electrons. The van der Waals surface area contributed by atoms with Gasteiger partial charge in [-0.1, -0.05) is 0 Å². The molecule has 1 aromatic rings. The van der Waals surface area contributed by atoms with Crippen molar-refractivity contribution in [1.82, 2.24) is 4.98 Å². The Bertz CT molecular complexity index is 567. The summed E-state index contributed by atoms with van der Waals surface area (Å²) in [5.74, 6) is 0.0757. The van der Waals surface area contributed by atoms with Crippen LogP contribution in [0.25, 0.3) is 0 Å². The molecule has 7 heteroatoms. The van der Waals surface area contributed by atoms with Crippen molar-refractivity contribution >= 4 is 23.5 Å². The number of rotatable bonds is 6. The molecular weight excluding hydrogens is 298 g/mol. The van der Waals surface area contributed by atoms with Crippen LogP contribution in [0.4, 0.5) is 16.3 Å². The molecule has 0 unspecified atom stereocenters. The smallest absolute Gasteiger partial charge is 0.412 e. The lowest BCUT2D eigenvalue weighted by atomic mass is 10.0. The molecule has 0 aromatic carbocycles. The predicted molar refractivity (Wildman–Crippen MR) is 89.0 cm³/mol. The average Bonchev–Trinajstić information content (AvgIpc) is 2.38. The third-order valence-corrected chi connectivity index (χ3v) is 3.16. The number of anilines is 2. The van der Waals surface area contributed by atoms with Crippen LogP contribution in [0.5, 0.6) is 0 Å².